The van der Waals surface area contributed by atoms with Crippen LogP contribution >= 0.6 is 0 Å². The summed E-state index contributed by atoms with van der Waals surface area (Å²) in [7, 11) is 0. The van der Waals surface area contributed by atoms with Gasteiger partial charge in [0, 0.05) is 32.5 Å². The highest BCUT2D eigenvalue weighted by molar-refractivity contribution is 5.44. The summed E-state index contributed by atoms with van der Waals surface area (Å²) in [5.41, 5.74) is 0.770. The fourth-order valence-electron chi connectivity index (χ4n) is 2.84. The molecule has 0 spiro atoms. The Morgan fingerprint density at radius 1 is 1.14 bits per heavy atom. The molecule has 22 heavy (non-hydrogen) atoms. The molecule has 1 saturated heterocycles. The Balaban J connectivity index is 1.53. The van der Waals surface area contributed by atoms with Crippen LogP contribution in [0.2, 0.25) is 0 Å². The first-order valence-electron chi connectivity index (χ1n) is 7.71. The molecule has 1 N–H and O–H groups in total. The second-order valence-electron chi connectivity index (χ2n) is 5.91. The van der Waals surface area contributed by atoms with Crippen molar-refractivity contribution in [2.45, 2.75) is 31.3 Å². The second kappa shape index (κ2) is 6.38. The third-order valence-electron chi connectivity index (χ3n) is 4.26. The average Bonchev–Trinajstić information content (AvgIpc) is 2.53. The monoisotopic (exact) mass is 313 g/mol. The van der Waals surface area contributed by atoms with Gasteiger partial charge in [-0.2, -0.15) is 0 Å². The summed E-state index contributed by atoms with van der Waals surface area (Å²) in [5.74, 6) is -1.17. The minimum atomic E-state index is -2.52. The molecule has 122 valence electrons. The van der Waals surface area contributed by atoms with E-state index in [1.54, 1.807) is 12.1 Å². The summed E-state index contributed by atoms with van der Waals surface area (Å²) < 4.78 is 37.1. The van der Waals surface area contributed by atoms with E-state index in [2.05, 4.69) is 0 Å². The maximum atomic E-state index is 13.1. The van der Waals surface area contributed by atoms with Crippen molar-refractivity contribution in [1.82, 2.24) is 4.90 Å². The normalized spacial score (nSPS) is 22.3. The van der Waals surface area contributed by atoms with Crippen LogP contribution in [0.4, 0.5) is 8.78 Å². The minimum absolute atomic E-state index is 0.0902. The zero-order valence-corrected chi connectivity index (χ0v) is 12.4. The standard InChI is InChI=1S/C16H21F2NO3/c17-16(18)4-7-19(8-5-16)6-3-13(20)12-1-2-14-15(11-12)22-10-9-21-14/h1-2,11,13,20H,3-10H2. The number of nitrogens with zero attached hydrogens (tertiary/aromatic N) is 1. The molecular weight excluding hydrogens is 292 g/mol. The maximum Gasteiger partial charge on any atom is 0.250 e. The first-order chi connectivity index (χ1) is 10.5. The number of ether oxygens (including phenoxy) is 2. The number of piperidine rings is 1. The quantitative estimate of drug-likeness (QED) is 0.928. The van der Waals surface area contributed by atoms with Crippen LogP contribution in [0.3, 0.4) is 0 Å². The Morgan fingerprint density at radius 3 is 2.55 bits per heavy atom. The number of fused-ring (bicyclic) bond motifs is 1. The Labute approximate surface area is 128 Å². The van der Waals surface area contributed by atoms with Crippen molar-refractivity contribution < 1.29 is 23.4 Å². The van der Waals surface area contributed by atoms with Gasteiger partial charge in [0.2, 0.25) is 0 Å². The Bertz CT molecular complexity index is 514. The molecule has 0 saturated carbocycles. The number of benzene rings is 1. The second-order valence-corrected chi connectivity index (χ2v) is 5.91. The minimum Gasteiger partial charge on any atom is -0.486 e. The third-order valence-corrected chi connectivity index (χ3v) is 4.26. The highest BCUT2D eigenvalue weighted by Gasteiger charge is 2.33. The fourth-order valence-corrected chi connectivity index (χ4v) is 2.84. The zero-order valence-electron chi connectivity index (χ0n) is 12.4. The lowest BCUT2D eigenvalue weighted by molar-refractivity contribution is -0.0565. The molecule has 2 aliphatic heterocycles. The largest absolute Gasteiger partial charge is 0.486 e. The highest BCUT2D eigenvalue weighted by atomic mass is 19.3. The van der Waals surface area contributed by atoms with Gasteiger partial charge in [-0.1, -0.05) is 6.07 Å². The number of alkyl halides is 2. The molecule has 0 bridgehead atoms. The Morgan fingerprint density at radius 2 is 1.82 bits per heavy atom. The molecule has 0 radical (unpaired) electrons. The van der Waals surface area contributed by atoms with E-state index in [1.165, 1.54) is 0 Å². The van der Waals surface area contributed by atoms with Crippen LogP contribution < -0.4 is 9.47 Å². The summed E-state index contributed by atoms with van der Waals surface area (Å²) in [6, 6.07) is 5.42. The van der Waals surface area contributed by atoms with Crippen LogP contribution in [0.15, 0.2) is 18.2 Å². The van der Waals surface area contributed by atoms with Gasteiger partial charge in [-0.05, 0) is 24.1 Å². The number of rotatable bonds is 4. The molecule has 0 aromatic heterocycles. The van der Waals surface area contributed by atoms with Gasteiger partial charge in [0.05, 0.1) is 6.10 Å². The molecule has 2 aliphatic rings. The van der Waals surface area contributed by atoms with Crippen molar-refractivity contribution in [2.24, 2.45) is 0 Å². The van der Waals surface area contributed by atoms with E-state index in [4.69, 9.17) is 9.47 Å². The van der Waals surface area contributed by atoms with Crippen molar-refractivity contribution in [3.63, 3.8) is 0 Å². The summed E-state index contributed by atoms with van der Waals surface area (Å²) >= 11 is 0. The maximum absolute atomic E-state index is 13.1. The van der Waals surface area contributed by atoms with E-state index < -0.39 is 12.0 Å². The number of hydrogen-bond donors (Lipinski definition) is 1. The lowest BCUT2D eigenvalue weighted by Crippen LogP contribution is -2.40. The van der Waals surface area contributed by atoms with Gasteiger partial charge in [-0.15, -0.1) is 0 Å². The lowest BCUT2D eigenvalue weighted by Gasteiger charge is -2.32. The van der Waals surface area contributed by atoms with Gasteiger partial charge >= 0.3 is 0 Å². The van der Waals surface area contributed by atoms with E-state index in [0.717, 1.165) is 5.56 Å². The van der Waals surface area contributed by atoms with Crippen molar-refractivity contribution in [2.75, 3.05) is 32.8 Å². The van der Waals surface area contributed by atoms with Crippen LogP contribution in [0, 0.1) is 0 Å². The van der Waals surface area contributed by atoms with Gasteiger partial charge in [-0.25, -0.2) is 8.78 Å². The molecular formula is C16H21F2NO3. The molecule has 0 aliphatic carbocycles. The van der Waals surface area contributed by atoms with Gasteiger partial charge < -0.3 is 19.5 Å². The SMILES string of the molecule is OC(CCN1CCC(F)(F)CC1)c1ccc2c(c1)OCCO2. The van der Waals surface area contributed by atoms with E-state index in [-0.39, 0.29) is 12.8 Å². The summed E-state index contributed by atoms with van der Waals surface area (Å²) in [6.45, 7) is 2.44. The van der Waals surface area contributed by atoms with Crippen LogP contribution in [0.25, 0.3) is 0 Å². The van der Waals surface area contributed by atoms with E-state index in [9.17, 15) is 13.9 Å². The van der Waals surface area contributed by atoms with Crippen LogP contribution in [0.1, 0.15) is 30.9 Å². The molecule has 1 fully saturated rings. The highest BCUT2D eigenvalue weighted by Crippen LogP contribution is 2.33. The third kappa shape index (κ3) is 3.67. The molecule has 1 aromatic carbocycles. The molecule has 1 unspecified atom stereocenters. The van der Waals surface area contributed by atoms with E-state index in [0.29, 0.717) is 50.8 Å². The van der Waals surface area contributed by atoms with Gasteiger partial charge in [0.25, 0.3) is 5.92 Å². The molecule has 4 nitrogen and oxygen atoms in total. The fraction of sp³-hybridized carbons (Fsp3) is 0.625. The average molecular weight is 313 g/mol. The van der Waals surface area contributed by atoms with Gasteiger partial charge in [0.1, 0.15) is 13.2 Å². The smallest absolute Gasteiger partial charge is 0.250 e. The Hall–Kier alpha value is -1.40. The van der Waals surface area contributed by atoms with Crippen LogP contribution in [-0.4, -0.2) is 48.8 Å². The first kappa shape index (κ1) is 15.5. The molecule has 2 heterocycles. The van der Waals surface area contributed by atoms with Gasteiger partial charge in [0.15, 0.2) is 11.5 Å². The molecule has 1 atom stereocenters. The van der Waals surface area contributed by atoms with E-state index in [1.807, 2.05) is 11.0 Å². The van der Waals surface area contributed by atoms with Crippen molar-refractivity contribution in [1.29, 1.82) is 0 Å². The topological polar surface area (TPSA) is 41.9 Å². The van der Waals surface area contributed by atoms with E-state index >= 15 is 0 Å². The predicted molar refractivity (Wildman–Crippen MR) is 77.6 cm³/mol. The molecule has 3 rings (SSSR count). The number of aliphatic hydroxyl groups is 1. The Kier molecular flexibility index (Phi) is 4.49. The number of aliphatic hydroxyl groups excluding tert-OH is 1. The summed E-state index contributed by atoms with van der Waals surface area (Å²) in [5, 5.41) is 10.3. The zero-order chi connectivity index (χ0) is 15.6. The first-order valence-corrected chi connectivity index (χ1v) is 7.71. The summed E-state index contributed by atoms with van der Waals surface area (Å²) in [6.07, 6.45) is -0.288. The number of halogens is 2. The molecule has 6 heteroatoms. The van der Waals surface area contributed by atoms with Gasteiger partial charge in [-0.3, -0.25) is 0 Å². The van der Waals surface area contributed by atoms with Crippen molar-refractivity contribution in [3.05, 3.63) is 23.8 Å². The van der Waals surface area contributed by atoms with Crippen molar-refractivity contribution >= 4 is 0 Å². The molecule has 0 amide bonds. The molecule has 1 aromatic rings. The number of likely N-dealkylation sites (tertiary alicyclic amines) is 1. The lowest BCUT2D eigenvalue weighted by atomic mass is 10.0. The van der Waals surface area contributed by atoms with Crippen LogP contribution in [0.5, 0.6) is 11.5 Å². The van der Waals surface area contributed by atoms with Crippen molar-refractivity contribution in [3.8, 4) is 11.5 Å². The number of hydrogen-bond acceptors (Lipinski definition) is 4. The summed E-state index contributed by atoms with van der Waals surface area (Å²) in [4.78, 5) is 1.98. The van der Waals surface area contributed by atoms with Crippen LogP contribution in [-0.2, 0) is 0 Å². The predicted octanol–water partition coefficient (Wildman–Crippen LogP) is 2.61.